The van der Waals surface area contributed by atoms with Crippen LogP contribution in [0.25, 0.3) is 11.1 Å². The van der Waals surface area contributed by atoms with E-state index in [-0.39, 0.29) is 23.8 Å². The van der Waals surface area contributed by atoms with Gasteiger partial charge in [-0.15, -0.1) is 0 Å². The molecule has 0 spiro atoms. The highest BCUT2D eigenvalue weighted by atomic mass is 16.5. The third-order valence-electron chi connectivity index (χ3n) is 7.54. The average Bonchev–Trinajstić information content (AvgIpc) is 3.02. The second-order valence-corrected chi connectivity index (χ2v) is 11.0. The molecule has 226 valence electrons. The number of amides is 1. The zero-order valence-corrected chi connectivity index (χ0v) is 25.5. The van der Waals surface area contributed by atoms with Crippen LogP contribution in [-0.2, 0) is 16.1 Å². The summed E-state index contributed by atoms with van der Waals surface area (Å²) in [5.74, 6) is -0.128. The molecule has 0 fully saturated rings. The molecule has 1 aliphatic heterocycles. The summed E-state index contributed by atoms with van der Waals surface area (Å²) in [6.45, 7) is 5.46. The molecule has 1 N–H and O–H groups in total. The number of rotatable bonds is 8. The number of aryl methyl sites for hydroxylation is 1. The molecule has 4 aromatic carbocycles. The molecular weight excluding hydrogens is 560 g/mol. The molecule has 0 bridgehead atoms. The number of anilines is 2. The fourth-order valence-electron chi connectivity index (χ4n) is 5.27. The Hall–Kier alpha value is -5.31. The lowest BCUT2D eigenvalue weighted by Crippen LogP contribution is -2.52. The van der Waals surface area contributed by atoms with Crippen molar-refractivity contribution in [1.82, 2.24) is 0 Å². The Morgan fingerprint density at radius 1 is 0.841 bits per heavy atom. The number of carbonyl (C=O) groups is 3. The van der Waals surface area contributed by atoms with E-state index in [1.807, 2.05) is 45.0 Å². The number of esters is 2. The van der Waals surface area contributed by atoms with Crippen LogP contribution in [0.15, 0.2) is 78.9 Å². The second-order valence-electron chi connectivity index (χ2n) is 11.0. The maximum atomic E-state index is 13.3. The maximum absolute atomic E-state index is 13.3. The molecule has 0 aliphatic carbocycles. The van der Waals surface area contributed by atoms with Gasteiger partial charge in [0.05, 0.1) is 31.2 Å². The van der Waals surface area contributed by atoms with Gasteiger partial charge in [-0.05, 0) is 68.8 Å². The quantitative estimate of drug-likeness (QED) is 0.184. The number of likely N-dealkylation sites (N-methyl/N-ethyl adjacent to an activating group) is 1. The standard InChI is InChI=1S/C35H34N2O7/c1-21-11-13-22(14-12-21)32(38)43-20-27-24(17-18-28-31(27)37(4)34(40)35(2,3)36-28)25-16-15-23(19-30(25)42-6)44-33(39)26-9-7-8-10-29(26)41-5/h7-19,36H,20H2,1-6H3. The molecule has 0 aromatic heterocycles. The first-order chi connectivity index (χ1) is 21.0. The number of hydrogen-bond donors (Lipinski definition) is 1. The number of hydrogen-bond acceptors (Lipinski definition) is 8. The van der Waals surface area contributed by atoms with Gasteiger partial charge in [0.25, 0.3) is 5.91 Å². The third-order valence-corrected chi connectivity index (χ3v) is 7.54. The minimum atomic E-state index is -0.830. The van der Waals surface area contributed by atoms with Gasteiger partial charge >= 0.3 is 11.9 Å². The van der Waals surface area contributed by atoms with Gasteiger partial charge in [-0.3, -0.25) is 4.79 Å². The van der Waals surface area contributed by atoms with Crippen molar-refractivity contribution in [2.24, 2.45) is 0 Å². The van der Waals surface area contributed by atoms with Crippen LogP contribution in [0.5, 0.6) is 17.2 Å². The summed E-state index contributed by atoms with van der Waals surface area (Å²) in [4.78, 5) is 40.8. The van der Waals surface area contributed by atoms with E-state index in [1.165, 1.54) is 14.2 Å². The topological polar surface area (TPSA) is 103 Å². The molecule has 5 rings (SSSR count). The summed E-state index contributed by atoms with van der Waals surface area (Å²) in [6, 6.07) is 22.7. The van der Waals surface area contributed by atoms with Crippen LogP contribution in [0.1, 0.15) is 45.7 Å². The fourth-order valence-corrected chi connectivity index (χ4v) is 5.27. The van der Waals surface area contributed by atoms with Gasteiger partial charge in [0.1, 0.15) is 35.0 Å². The molecule has 9 heteroatoms. The first kappa shape index (κ1) is 30.2. The lowest BCUT2D eigenvalue weighted by molar-refractivity contribution is -0.121. The summed E-state index contributed by atoms with van der Waals surface area (Å²) in [7, 11) is 4.70. The Bertz CT molecular complexity index is 1740. The first-order valence-corrected chi connectivity index (χ1v) is 14.0. The smallest absolute Gasteiger partial charge is 0.347 e. The van der Waals surface area contributed by atoms with Gasteiger partial charge in [0.2, 0.25) is 0 Å². The highest BCUT2D eigenvalue weighted by Crippen LogP contribution is 2.45. The predicted molar refractivity (Wildman–Crippen MR) is 168 cm³/mol. The predicted octanol–water partition coefficient (Wildman–Crippen LogP) is 6.42. The lowest BCUT2D eigenvalue weighted by Gasteiger charge is -2.39. The van der Waals surface area contributed by atoms with Crippen LogP contribution in [0, 0.1) is 6.92 Å². The molecule has 44 heavy (non-hydrogen) atoms. The monoisotopic (exact) mass is 594 g/mol. The summed E-state index contributed by atoms with van der Waals surface area (Å²) in [5.41, 5.74) is 4.17. The van der Waals surface area contributed by atoms with Crippen molar-refractivity contribution in [3.8, 4) is 28.4 Å². The van der Waals surface area contributed by atoms with E-state index in [1.54, 1.807) is 66.5 Å². The number of nitrogens with one attached hydrogen (secondary N) is 1. The Kier molecular flexibility index (Phi) is 8.31. The van der Waals surface area contributed by atoms with E-state index in [0.717, 1.165) is 11.3 Å². The summed E-state index contributed by atoms with van der Waals surface area (Å²) >= 11 is 0. The lowest BCUT2D eigenvalue weighted by atomic mass is 9.91. The second kappa shape index (κ2) is 12.1. The minimum Gasteiger partial charge on any atom is -0.496 e. The number of carbonyl (C=O) groups excluding carboxylic acids is 3. The van der Waals surface area contributed by atoms with Gasteiger partial charge in [0.15, 0.2) is 0 Å². The molecule has 4 aromatic rings. The Morgan fingerprint density at radius 3 is 2.23 bits per heavy atom. The minimum absolute atomic E-state index is 0.112. The molecule has 9 nitrogen and oxygen atoms in total. The van der Waals surface area contributed by atoms with Gasteiger partial charge in [-0.1, -0.05) is 35.9 Å². The number of fused-ring (bicyclic) bond motifs is 1. The molecule has 1 heterocycles. The van der Waals surface area contributed by atoms with Crippen molar-refractivity contribution in [2.75, 3.05) is 31.5 Å². The van der Waals surface area contributed by atoms with E-state index in [9.17, 15) is 14.4 Å². The van der Waals surface area contributed by atoms with Gasteiger partial charge in [0, 0.05) is 24.2 Å². The van der Waals surface area contributed by atoms with Crippen molar-refractivity contribution in [3.63, 3.8) is 0 Å². The van der Waals surface area contributed by atoms with Crippen LogP contribution in [0.3, 0.4) is 0 Å². The van der Waals surface area contributed by atoms with Crippen LogP contribution in [0.4, 0.5) is 11.4 Å². The van der Waals surface area contributed by atoms with E-state index in [2.05, 4.69) is 5.32 Å². The zero-order valence-electron chi connectivity index (χ0n) is 25.5. The van der Waals surface area contributed by atoms with Gasteiger partial charge < -0.3 is 29.2 Å². The number of nitrogens with zero attached hydrogens (tertiary/aromatic N) is 1. The highest BCUT2D eigenvalue weighted by Gasteiger charge is 2.39. The molecule has 0 saturated carbocycles. The Labute approximate surface area is 256 Å². The Balaban J connectivity index is 1.54. The van der Waals surface area contributed by atoms with Crippen molar-refractivity contribution >= 4 is 29.2 Å². The number of ether oxygens (including phenoxy) is 4. The number of para-hydroxylation sites is 1. The van der Waals surface area contributed by atoms with Crippen molar-refractivity contribution in [1.29, 1.82) is 0 Å². The van der Waals surface area contributed by atoms with Crippen LogP contribution in [0.2, 0.25) is 0 Å². The summed E-state index contributed by atoms with van der Waals surface area (Å²) < 4.78 is 22.5. The molecule has 0 atom stereocenters. The van der Waals surface area contributed by atoms with E-state index in [0.29, 0.717) is 39.4 Å². The van der Waals surface area contributed by atoms with Gasteiger partial charge in [-0.25, -0.2) is 9.59 Å². The largest absolute Gasteiger partial charge is 0.496 e. The first-order valence-electron chi connectivity index (χ1n) is 14.0. The Morgan fingerprint density at radius 2 is 1.52 bits per heavy atom. The van der Waals surface area contributed by atoms with E-state index in [4.69, 9.17) is 18.9 Å². The fraction of sp³-hybridized carbons (Fsp3) is 0.229. The molecule has 0 unspecified atom stereocenters. The van der Waals surface area contributed by atoms with Gasteiger partial charge in [-0.2, -0.15) is 0 Å². The molecule has 1 amide bonds. The van der Waals surface area contributed by atoms with Crippen molar-refractivity contribution < 1.29 is 33.3 Å². The maximum Gasteiger partial charge on any atom is 0.347 e. The SMILES string of the molecule is COc1ccccc1C(=O)Oc1ccc(-c2ccc3c(c2COC(=O)c2ccc(C)cc2)N(C)C(=O)C(C)(C)N3)c(OC)c1. The molecule has 1 aliphatic rings. The molecular formula is C35H34N2O7. The third kappa shape index (κ3) is 5.81. The molecule has 0 saturated heterocycles. The zero-order chi connectivity index (χ0) is 31.6. The average molecular weight is 595 g/mol. The van der Waals surface area contributed by atoms with Crippen molar-refractivity contribution in [3.05, 3.63) is 101 Å². The van der Waals surface area contributed by atoms with Crippen LogP contribution in [-0.4, -0.2) is 44.7 Å². The number of methoxy groups -OCH3 is 2. The normalized spacial score (nSPS) is 13.4. The van der Waals surface area contributed by atoms with Crippen LogP contribution >= 0.6 is 0 Å². The van der Waals surface area contributed by atoms with E-state index >= 15 is 0 Å². The summed E-state index contributed by atoms with van der Waals surface area (Å²) in [6.07, 6.45) is 0. The van der Waals surface area contributed by atoms with Crippen LogP contribution < -0.4 is 24.4 Å². The van der Waals surface area contributed by atoms with Crippen molar-refractivity contribution in [2.45, 2.75) is 32.9 Å². The highest BCUT2D eigenvalue weighted by molar-refractivity contribution is 6.09. The molecule has 0 radical (unpaired) electrons. The number of benzene rings is 4. The van der Waals surface area contributed by atoms with E-state index < -0.39 is 17.5 Å². The summed E-state index contributed by atoms with van der Waals surface area (Å²) in [5, 5.41) is 3.31.